The summed E-state index contributed by atoms with van der Waals surface area (Å²) in [6.07, 6.45) is 0.196. The molecule has 1 aliphatic rings. The predicted octanol–water partition coefficient (Wildman–Crippen LogP) is 1.61. The number of amides is 3. The third kappa shape index (κ3) is 5.61. The number of hydrogen-bond acceptors (Lipinski definition) is 8. The Hall–Kier alpha value is -3.47. The number of ether oxygens (including phenoxy) is 2. The van der Waals surface area contributed by atoms with Crippen molar-refractivity contribution in [1.82, 2.24) is 4.90 Å². The molecule has 184 valence electrons. The van der Waals surface area contributed by atoms with Crippen molar-refractivity contribution in [3.8, 4) is 0 Å². The van der Waals surface area contributed by atoms with Gasteiger partial charge in [0.15, 0.2) is 0 Å². The molecule has 3 amide bonds. The Balaban J connectivity index is 1.80. The van der Waals surface area contributed by atoms with E-state index >= 15 is 0 Å². The van der Waals surface area contributed by atoms with Gasteiger partial charge in [-0.15, -0.1) is 0 Å². The maximum atomic E-state index is 13.0. The van der Waals surface area contributed by atoms with Gasteiger partial charge in [-0.05, 0) is 47.4 Å². The van der Waals surface area contributed by atoms with Crippen LogP contribution in [0.4, 0.5) is 5.69 Å². The normalized spacial score (nSPS) is 13.0. The van der Waals surface area contributed by atoms with E-state index in [0.717, 1.165) is 19.8 Å². The number of nitrogens with two attached hydrogens (primary N) is 1. The highest BCUT2D eigenvalue weighted by molar-refractivity contribution is 6.52. The summed E-state index contributed by atoms with van der Waals surface area (Å²) < 4.78 is 8.78. The first-order valence-corrected chi connectivity index (χ1v) is 11.0. The molecule has 0 saturated heterocycles. The molecule has 0 saturated carbocycles. The van der Waals surface area contributed by atoms with Crippen LogP contribution in [0.2, 0.25) is 10.0 Å². The molecule has 2 aromatic rings. The molecule has 10 nitrogen and oxygen atoms in total. The quantitative estimate of drug-likeness (QED) is 0.473. The molecule has 1 heterocycles. The topological polar surface area (TPSA) is 136 Å². The SMILES string of the molecule is COC(=O)C(=O)N(C(=O)C(=O)OC)c1ccc2c(c1)CN(C(=O)[C@H](N)Cc1ccc(Cl)cc1Cl)C2. The van der Waals surface area contributed by atoms with Gasteiger partial charge in [0, 0.05) is 23.1 Å². The summed E-state index contributed by atoms with van der Waals surface area (Å²) in [4.78, 5) is 63.3. The Bertz CT molecular complexity index is 1190. The van der Waals surface area contributed by atoms with E-state index in [1.165, 1.54) is 17.0 Å². The molecule has 2 aromatic carbocycles. The predicted molar refractivity (Wildman–Crippen MR) is 125 cm³/mol. The highest BCUT2D eigenvalue weighted by Gasteiger charge is 2.36. The highest BCUT2D eigenvalue weighted by Crippen LogP contribution is 2.29. The van der Waals surface area contributed by atoms with Crippen LogP contribution in [0.5, 0.6) is 0 Å². The van der Waals surface area contributed by atoms with E-state index in [1.54, 1.807) is 24.3 Å². The van der Waals surface area contributed by atoms with Crippen molar-refractivity contribution in [1.29, 1.82) is 0 Å². The molecular weight excluding hydrogens is 501 g/mol. The Labute approximate surface area is 210 Å². The largest absolute Gasteiger partial charge is 0.462 e. The van der Waals surface area contributed by atoms with Crippen molar-refractivity contribution in [2.24, 2.45) is 5.73 Å². The van der Waals surface area contributed by atoms with Crippen molar-refractivity contribution in [2.75, 3.05) is 19.1 Å². The van der Waals surface area contributed by atoms with Crippen LogP contribution in [0.25, 0.3) is 0 Å². The number of carbonyl (C=O) groups is 5. The van der Waals surface area contributed by atoms with E-state index in [2.05, 4.69) is 9.47 Å². The molecule has 2 N–H and O–H groups in total. The highest BCUT2D eigenvalue weighted by atomic mass is 35.5. The zero-order chi connectivity index (χ0) is 25.9. The van der Waals surface area contributed by atoms with Crippen LogP contribution in [0.15, 0.2) is 36.4 Å². The second-order valence-corrected chi connectivity index (χ2v) is 8.47. The number of fused-ring (bicyclic) bond motifs is 1. The van der Waals surface area contributed by atoms with Crippen LogP contribution in [0.3, 0.4) is 0 Å². The minimum Gasteiger partial charge on any atom is -0.462 e. The fourth-order valence-corrected chi connectivity index (χ4v) is 4.09. The molecule has 1 atom stereocenters. The summed E-state index contributed by atoms with van der Waals surface area (Å²) >= 11 is 12.1. The van der Waals surface area contributed by atoms with E-state index in [9.17, 15) is 24.0 Å². The van der Waals surface area contributed by atoms with Crippen molar-refractivity contribution >= 4 is 58.5 Å². The number of hydrogen-bond donors (Lipinski definition) is 1. The van der Waals surface area contributed by atoms with Crippen LogP contribution in [-0.4, -0.2) is 54.8 Å². The van der Waals surface area contributed by atoms with Gasteiger partial charge in [-0.25, -0.2) is 14.5 Å². The van der Waals surface area contributed by atoms with Crippen molar-refractivity contribution in [2.45, 2.75) is 25.6 Å². The lowest BCUT2D eigenvalue weighted by Crippen LogP contribution is -2.45. The number of imide groups is 1. The van der Waals surface area contributed by atoms with E-state index < -0.39 is 29.8 Å². The number of anilines is 1. The number of esters is 2. The van der Waals surface area contributed by atoms with Gasteiger partial charge in [-0.2, -0.15) is 0 Å². The van der Waals surface area contributed by atoms with E-state index in [-0.39, 0.29) is 31.1 Å². The summed E-state index contributed by atoms with van der Waals surface area (Å²) in [7, 11) is 1.93. The van der Waals surface area contributed by atoms with Gasteiger partial charge in [0.2, 0.25) is 5.91 Å². The Morgan fingerprint density at radius 1 is 0.943 bits per heavy atom. The number of nitrogens with zero attached hydrogens (tertiary/aromatic N) is 2. The lowest BCUT2D eigenvalue weighted by molar-refractivity contribution is -0.156. The Morgan fingerprint density at radius 2 is 1.54 bits per heavy atom. The van der Waals surface area contributed by atoms with Gasteiger partial charge in [-0.3, -0.25) is 14.4 Å². The molecule has 0 spiro atoms. The third-order valence-electron chi connectivity index (χ3n) is 5.38. The van der Waals surface area contributed by atoms with E-state index in [0.29, 0.717) is 26.1 Å². The molecule has 0 radical (unpaired) electrons. The lowest BCUT2D eigenvalue weighted by atomic mass is 10.1. The molecule has 35 heavy (non-hydrogen) atoms. The van der Waals surface area contributed by atoms with Gasteiger partial charge in [0.25, 0.3) is 0 Å². The molecule has 0 fully saturated rings. The van der Waals surface area contributed by atoms with Gasteiger partial charge in [-0.1, -0.05) is 35.3 Å². The molecule has 3 rings (SSSR count). The fourth-order valence-electron chi connectivity index (χ4n) is 3.61. The average molecular weight is 522 g/mol. The zero-order valence-corrected chi connectivity index (χ0v) is 20.3. The molecule has 0 unspecified atom stereocenters. The zero-order valence-electron chi connectivity index (χ0n) is 18.7. The number of benzene rings is 2. The smallest absolute Gasteiger partial charge is 0.397 e. The number of carbonyl (C=O) groups excluding carboxylic acids is 5. The van der Waals surface area contributed by atoms with E-state index in [4.69, 9.17) is 28.9 Å². The average Bonchev–Trinajstić information content (AvgIpc) is 3.27. The molecule has 0 bridgehead atoms. The summed E-state index contributed by atoms with van der Waals surface area (Å²) in [5.74, 6) is -5.74. The standard InChI is InChI=1S/C23H21Cl2N3O7/c1-34-22(32)20(30)28(21(31)23(33)35-2)16-6-4-13-10-27(11-14(13)7-16)19(29)18(26)8-12-3-5-15(24)9-17(12)25/h3-7,9,18H,8,10-11,26H2,1-2H3/t18-/m1/s1. The van der Waals surface area contributed by atoms with E-state index in [1.807, 2.05) is 0 Å². The second-order valence-electron chi connectivity index (χ2n) is 7.62. The molecular formula is C23H21Cl2N3O7. The second kappa shape index (κ2) is 10.9. The van der Waals surface area contributed by atoms with Crippen molar-refractivity contribution in [3.05, 3.63) is 63.1 Å². The first-order valence-electron chi connectivity index (χ1n) is 10.2. The molecule has 0 aliphatic carbocycles. The lowest BCUT2D eigenvalue weighted by Gasteiger charge is -2.21. The minimum absolute atomic E-state index is 0.0545. The monoisotopic (exact) mass is 521 g/mol. The molecule has 12 heteroatoms. The Morgan fingerprint density at radius 3 is 2.11 bits per heavy atom. The molecule has 1 aliphatic heterocycles. The third-order valence-corrected chi connectivity index (χ3v) is 5.97. The van der Waals surface area contributed by atoms with Crippen LogP contribution in [0, 0.1) is 0 Å². The minimum atomic E-state index is -1.37. The Kier molecular flexibility index (Phi) is 8.11. The van der Waals surface area contributed by atoms with Crippen LogP contribution in [0.1, 0.15) is 16.7 Å². The number of halogens is 2. The van der Waals surface area contributed by atoms with Gasteiger partial charge >= 0.3 is 23.8 Å². The van der Waals surface area contributed by atoms with Crippen LogP contribution >= 0.6 is 23.2 Å². The maximum absolute atomic E-state index is 13.0. The van der Waals surface area contributed by atoms with Crippen LogP contribution in [-0.2, 0) is 53.0 Å². The van der Waals surface area contributed by atoms with Gasteiger partial charge < -0.3 is 20.1 Å². The number of methoxy groups -OCH3 is 2. The van der Waals surface area contributed by atoms with Gasteiger partial charge in [0.1, 0.15) is 0 Å². The summed E-state index contributed by atoms with van der Waals surface area (Å²) in [6.45, 7) is 0.378. The molecule has 0 aromatic heterocycles. The summed E-state index contributed by atoms with van der Waals surface area (Å²) in [5.41, 5.74) is 8.11. The summed E-state index contributed by atoms with van der Waals surface area (Å²) in [5, 5.41) is 0.871. The van der Waals surface area contributed by atoms with Gasteiger partial charge in [0.05, 0.1) is 25.9 Å². The van der Waals surface area contributed by atoms with Crippen LogP contribution < -0.4 is 10.6 Å². The maximum Gasteiger partial charge on any atom is 0.397 e. The van der Waals surface area contributed by atoms with Crippen molar-refractivity contribution < 1.29 is 33.4 Å². The first kappa shape index (κ1) is 26.1. The fraction of sp³-hybridized carbons (Fsp3) is 0.261. The van der Waals surface area contributed by atoms with Crippen molar-refractivity contribution in [3.63, 3.8) is 0 Å². The summed E-state index contributed by atoms with van der Waals surface area (Å²) in [6, 6.07) is 8.45. The first-order chi connectivity index (χ1) is 16.6. The number of rotatable bonds is 4.